The Balaban J connectivity index is 2.14. The molecule has 0 atom stereocenters. The van der Waals surface area contributed by atoms with Crippen molar-refractivity contribution in [2.75, 3.05) is 18.5 Å². The van der Waals surface area contributed by atoms with Gasteiger partial charge in [0.1, 0.15) is 5.69 Å². The normalized spacial score (nSPS) is 15.7. The average Bonchev–Trinajstić information content (AvgIpc) is 3.17. The van der Waals surface area contributed by atoms with Crippen molar-refractivity contribution in [2.45, 2.75) is 39.5 Å². The van der Waals surface area contributed by atoms with Crippen LogP contribution in [0.15, 0.2) is 18.2 Å². The van der Waals surface area contributed by atoms with Crippen LogP contribution in [0, 0.1) is 15.5 Å². The van der Waals surface area contributed by atoms with Crippen LogP contribution in [0.3, 0.4) is 0 Å². The van der Waals surface area contributed by atoms with E-state index in [4.69, 9.17) is 4.74 Å². The predicted molar refractivity (Wildman–Crippen MR) is 79.3 cm³/mol. The Morgan fingerprint density at radius 2 is 2.15 bits per heavy atom. The van der Waals surface area contributed by atoms with Gasteiger partial charge in [0.25, 0.3) is 0 Å². The second-order valence-corrected chi connectivity index (χ2v) is 5.45. The third kappa shape index (κ3) is 3.21. The second kappa shape index (κ2) is 6.11. The summed E-state index contributed by atoms with van der Waals surface area (Å²) in [6.07, 6.45) is 4.77. The quantitative estimate of drug-likeness (QED) is 0.577. The number of rotatable bonds is 8. The standard InChI is InChI=1S/C15H22N2O3/c1-3-8-15(9-10-15)11-16-12-6-5-7-13(20-4-2)14(12)17(18)19/h5-7,16H,3-4,8-11H2,1-2H3. The molecule has 1 aliphatic carbocycles. The van der Waals surface area contributed by atoms with Crippen molar-refractivity contribution in [3.8, 4) is 5.75 Å². The van der Waals surface area contributed by atoms with Crippen molar-refractivity contribution < 1.29 is 9.66 Å². The first-order valence-electron chi connectivity index (χ1n) is 7.26. The van der Waals surface area contributed by atoms with Crippen LogP contribution in [-0.2, 0) is 0 Å². The van der Waals surface area contributed by atoms with Gasteiger partial charge in [-0.3, -0.25) is 10.1 Å². The van der Waals surface area contributed by atoms with Gasteiger partial charge in [-0.2, -0.15) is 0 Å². The molecule has 1 N–H and O–H groups in total. The fourth-order valence-corrected chi connectivity index (χ4v) is 2.63. The summed E-state index contributed by atoms with van der Waals surface area (Å²) in [7, 11) is 0. The minimum Gasteiger partial charge on any atom is -0.487 e. The number of nitrogens with zero attached hydrogens (tertiary/aromatic N) is 1. The maximum atomic E-state index is 11.3. The smallest absolute Gasteiger partial charge is 0.333 e. The second-order valence-electron chi connectivity index (χ2n) is 5.45. The van der Waals surface area contributed by atoms with E-state index in [9.17, 15) is 10.1 Å². The summed E-state index contributed by atoms with van der Waals surface area (Å²) < 4.78 is 5.35. The van der Waals surface area contributed by atoms with Crippen LogP contribution in [0.25, 0.3) is 0 Å². The minimum atomic E-state index is -0.368. The number of ether oxygens (including phenoxy) is 1. The molecule has 0 amide bonds. The molecular formula is C15H22N2O3. The highest BCUT2D eigenvalue weighted by Crippen LogP contribution is 2.50. The van der Waals surface area contributed by atoms with E-state index >= 15 is 0 Å². The van der Waals surface area contributed by atoms with Gasteiger partial charge in [0.05, 0.1) is 11.5 Å². The van der Waals surface area contributed by atoms with Gasteiger partial charge in [-0.05, 0) is 43.7 Å². The van der Waals surface area contributed by atoms with E-state index in [1.54, 1.807) is 18.2 Å². The molecule has 0 aliphatic heterocycles. The maximum absolute atomic E-state index is 11.3. The monoisotopic (exact) mass is 278 g/mol. The summed E-state index contributed by atoms with van der Waals surface area (Å²) in [5.74, 6) is 0.336. The van der Waals surface area contributed by atoms with E-state index in [1.807, 2.05) is 6.92 Å². The molecule has 20 heavy (non-hydrogen) atoms. The SMILES string of the molecule is CCCC1(CNc2cccc(OCC)c2[N+](=O)[O-])CC1. The Labute approximate surface area is 119 Å². The van der Waals surface area contributed by atoms with Gasteiger partial charge in [0.2, 0.25) is 0 Å². The Bertz CT molecular complexity index is 484. The van der Waals surface area contributed by atoms with E-state index in [2.05, 4.69) is 12.2 Å². The fraction of sp³-hybridized carbons (Fsp3) is 0.600. The molecule has 0 aromatic heterocycles. The van der Waals surface area contributed by atoms with Crippen molar-refractivity contribution in [1.82, 2.24) is 0 Å². The number of nitro groups is 1. The molecule has 0 heterocycles. The Morgan fingerprint density at radius 1 is 1.40 bits per heavy atom. The number of nitrogens with one attached hydrogen (secondary N) is 1. The van der Waals surface area contributed by atoms with Gasteiger partial charge >= 0.3 is 5.69 Å². The molecule has 5 heteroatoms. The van der Waals surface area contributed by atoms with Crippen LogP contribution in [0.2, 0.25) is 0 Å². The number of anilines is 1. The number of para-hydroxylation sites is 1. The molecule has 1 aromatic rings. The molecule has 1 aliphatic rings. The number of benzene rings is 1. The Hall–Kier alpha value is -1.78. The van der Waals surface area contributed by atoms with Crippen LogP contribution in [0.5, 0.6) is 5.75 Å². The Kier molecular flexibility index (Phi) is 4.47. The highest BCUT2D eigenvalue weighted by atomic mass is 16.6. The highest BCUT2D eigenvalue weighted by Gasteiger charge is 2.41. The van der Waals surface area contributed by atoms with Gasteiger partial charge < -0.3 is 10.1 Å². The fourth-order valence-electron chi connectivity index (χ4n) is 2.63. The molecule has 0 saturated heterocycles. The largest absolute Gasteiger partial charge is 0.487 e. The van der Waals surface area contributed by atoms with Crippen LogP contribution in [-0.4, -0.2) is 18.1 Å². The zero-order valence-corrected chi connectivity index (χ0v) is 12.1. The van der Waals surface area contributed by atoms with E-state index in [1.165, 1.54) is 19.3 Å². The molecule has 0 bridgehead atoms. The zero-order valence-electron chi connectivity index (χ0n) is 12.1. The number of nitro benzene ring substituents is 1. The van der Waals surface area contributed by atoms with Crippen molar-refractivity contribution >= 4 is 11.4 Å². The summed E-state index contributed by atoms with van der Waals surface area (Å²) >= 11 is 0. The molecule has 0 radical (unpaired) electrons. The topological polar surface area (TPSA) is 64.4 Å². The lowest BCUT2D eigenvalue weighted by Gasteiger charge is -2.16. The lowest BCUT2D eigenvalue weighted by Crippen LogP contribution is -2.16. The Morgan fingerprint density at radius 3 is 2.70 bits per heavy atom. The first-order chi connectivity index (χ1) is 9.62. The highest BCUT2D eigenvalue weighted by molar-refractivity contribution is 5.68. The lowest BCUT2D eigenvalue weighted by molar-refractivity contribution is -0.384. The van der Waals surface area contributed by atoms with Crippen molar-refractivity contribution in [3.05, 3.63) is 28.3 Å². The van der Waals surface area contributed by atoms with Gasteiger partial charge in [-0.1, -0.05) is 19.4 Å². The van der Waals surface area contributed by atoms with Crippen LogP contribution in [0.1, 0.15) is 39.5 Å². The summed E-state index contributed by atoms with van der Waals surface area (Å²) in [6.45, 7) is 5.23. The molecule has 1 fully saturated rings. The van der Waals surface area contributed by atoms with Gasteiger partial charge in [-0.15, -0.1) is 0 Å². The third-order valence-corrected chi connectivity index (χ3v) is 3.87. The molecular weight excluding hydrogens is 256 g/mol. The first-order valence-corrected chi connectivity index (χ1v) is 7.26. The maximum Gasteiger partial charge on any atom is 0.333 e. The molecule has 2 rings (SSSR count). The average molecular weight is 278 g/mol. The molecule has 1 saturated carbocycles. The van der Waals surface area contributed by atoms with Crippen molar-refractivity contribution in [2.24, 2.45) is 5.41 Å². The van der Waals surface area contributed by atoms with E-state index < -0.39 is 0 Å². The van der Waals surface area contributed by atoms with Crippen LogP contribution >= 0.6 is 0 Å². The molecule has 0 spiro atoms. The van der Waals surface area contributed by atoms with Crippen molar-refractivity contribution in [3.63, 3.8) is 0 Å². The number of hydrogen-bond donors (Lipinski definition) is 1. The summed E-state index contributed by atoms with van der Waals surface area (Å²) in [5.41, 5.74) is 0.953. The molecule has 0 unspecified atom stereocenters. The van der Waals surface area contributed by atoms with Crippen LogP contribution in [0.4, 0.5) is 11.4 Å². The van der Waals surface area contributed by atoms with Gasteiger partial charge in [-0.25, -0.2) is 0 Å². The minimum absolute atomic E-state index is 0.0432. The summed E-state index contributed by atoms with van der Waals surface area (Å²) in [4.78, 5) is 10.9. The van der Waals surface area contributed by atoms with Crippen molar-refractivity contribution in [1.29, 1.82) is 0 Å². The van der Waals surface area contributed by atoms with E-state index in [0.29, 0.717) is 23.5 Å². The summed E-state index contributed by atoms with van der Waals surface area (Å²) in [5, 5.41) is 14.5. The molecule has 1 aromatic carbocycles. The third-order valence-electron chi connectivity index (χ3n) is 3.87. The zero-order chi connectivity index (χ0) is 14.6. The van der Waals surface area contributed by atoms with Crippen LogP contribution < -0.4 is 10.1 Å². The molecule has 5 nitrogen and oxygen atoms in total. The number of hydrogen-bond acceptors (Lipinski definition) is 4. The van der Waals surface area contributed by atoms with Gasteiger partial charge in [0.15, 0.2) is 5.75 Å². The lowest BCUT2D eigenvalue weighted by atomic mass is 10.0. The summed E-state index contributed by atoms with van der Waals surface area (Å²) in [6, 6.07) is 5.19. The van der Waals surface area contributed by atoms with E-state index in [0.717, 1.165) is 13.0 Å². The first kappa shape index (κ1) is 14.6. The predicted octanol–water partition coefficient (Wildman–Crippen LogP) is 3.99. The molecule has 110 valence electrons. The van der Waals surface area contributed by atoms with Gasteiger partial charge in [0, 0.05) is 6.54 Å². The van der Waals surface area contributed by atoms with E-state index in [-0.39, 0.29) is 10.6 Å².